The summed E-state index contributed by atoms with van der Waals surface area (Å²) in [5.74, 6) is 0. The third-order valence-corrected chi connectivity index (χ3v) is 2.24. The lowest BCUT2D eigenvalue weighted by atomic mass is 9.85. The van der Waals surface area contributed by atoms with E-state index in [0.717, 1.165) is 0 Å². The van der Waals surface area contributed by atoms with E-state index in [4.69, 9.17) is 0 Å². The minimum absolute atomic E-state index is 1.22. The maximum Gasteiger partial charge on any atom is 0.139 e. The van der Waals surface area contributed by atoms with Crippen molar-refractivity contribution >= 4 is 13.3 Å². The van der Waals surface area contributed by atoms with E-state index in [1.807, 2.05) is 0 Å². The van der Waals surface area contributed by atoms with Crippen LogP contribution in [-0.4, -0.2) is 7.85 Å². The van der Waals surface area contributed by atoms with Crippen LogP contribution in [0, 0.1) is 6.92 Å². The maximum atomic E-state index is 2.23. The van der Waals surface area contributed by atoms with Gasteiger partial charge in [0.15, 0.2) is 0 Å². The Labute approximate surface area is 70.0 Å². The van der Waals surface area contributed by atoms with E-state index in [9.17, 15) is 0 Å². The molecule has 1 rings (SSSR count). The SMILES string of the molecule is Bc1c(C)cccc1CCC. The molecule has 1 heteroatoms. The summed E-state index contributed by atoms with van der Waals surface area (Å²) in [6.45, 7) is 4.40. The van der Waals surface area contributed by atoms with Crippen molar-refractivity contribution in [2.24, 2.45) is 0 Å². The fourth-order valence-electron chi connectivity index (χ4n) is 1.35. The Bertz CT molecular complexity index is 241. The van der Waals surface area contributed by atoms with E-state index in [1.54, 1.807) is 0 Å². The van der Waals surface area contributed by atoms with Gasteiger partial charge in [-0.1, -0.05) is 48.1 Å². The standard InChI is InChI=1S/C10H15B/c1-3-5-9-7-4-6-8(2)10(9)11/h4,6-7H,3,5,11H2,1-2H3. The zero-order valence-electron chi connectivity index (χ0n) is 7.65. The second kappa shape index (κ2) is 3.61. The third kappa shape index (κ3) is 1.86. The van der Waals surface area contributed by atoms with Crippen LogP contribution in [0.1, 0.15) is 24.5 Å². The Morgan fingerprint density at radius 2 is 2.09 bits per heavy atom. The summed E-state index contributed by atoms with van der Waals surface area (Å²) in [6, 6.07) is 6.55. The number of hydrogen-bond acceptors (Lipinski definition) is 0. The van der Waals surface area contributed by atoms with Gasteiger partial charge in [-0.05, 0) is 13.3 Å². The molecule has 0 aliphatic rings. The molecule has 0 aromatic heterocycles. The average molecular weight is 146 g/mol. The van der Waals surface area contributed by atoms with Crippen molar-refractivity contribution in [2.75, 3.05) is 0 Å². The highest BCUT2D eigenvalue weighted by atomic mass is 14.0. The Morgan fingerprint density at radius 1 is 1.36 bits per heavy atom. The number of hydrogen-bond donors (Lipinski definition) is 0. The van der Waals surface area contributed by atoms with E-state index in [-0.39, 0.29) is 0 Å². The van der Waals surface area contributed by atoms with Gasteiger partial charge in [0.05, 0.1) is 0 Å². The quantitative estimate of drug-likeness (QED) is 0.550. The molecule has 0 spiro atoms. The van der Waals surface area contributed by atoms with Crippen LogP contribution in [0.3, 0.4) is 0 Å². The van der Waals surface area contributed by atoms with Gasteiger partial charge in [-0.25, -0.2) is 0 Å². The maximum absolute atomic E-state index is 2.23. The van der Waals surface area contributed by atoms with Crippen molar-refractivity contribution in [1.82, 2.24) is 0 Å². The van der Waals surface area contributed by atoms with E-state index in [2.05, 4.69) is 39.9 Å². The van der Waals surface area contributed by atoms with Gasteiger partial charge in [-0.3, -0.25) is 0 Å². The zero-order chi connectivity index (χ0) is 8.27. The first-order chi connectivity index (χ1) is 5.25. The molecule has 0 saturated carbocycles. The molecule has 0 atom stereocenters. The van der Waals surface area contributed by atoms with Crippen molar-refractivity contribution in [3.8, 4) is 0 Å². The summed E-state index contributed by atoms with van der Waals surface area (Å²) in [4.78, 5) is 0. The van der Waals surface area contributed by atoms with E-state index in [0.29, 0.717) is 0 Å². The molecule has 0 N–H and O–H groups in total. The molecule has 58 valence electrons. The van der Waals surface area contributed by atoms with Crippen LogP contribution < -0.4 is 5.46 Å². The predicted molar refractivity (Wildman–Crippen MR) is 53.4 cm³/mol. The van der Waals surface area contributed by atoms with Gasteiger partial charge in [0.1, 0.15) is 7.85 Å². The van der Waals surface area contributed by atoms with E-state index in [1.165, 1.54) is 29.4 Å². The van der Waals surface area contributed by atoms with Crippen LogP contribution in [0.5, 0.6) is 0 Å². The topological polar surface area (TPSA) is 0 Å². The summed E-state index contributed by atoms with van der Waals surface area (Å²) >= 11 is 0. The highest BCUT2D eigenvalue weighted by Gasteiger charge is 1.97. The lowest BCUT2D eigenvalue weighted by molar-refractivity contribution is 0.926. The van der Waals surface area contributed by atoms with Gasteiger partial charge in [-0.15, -0.1) is 0 Å². The molecule has 0 fully saturated rings. The Morgan fingerprint density at radius 3 is 2.73 bits per heavy atom. The van der Waals surface area contributed by atoms with E-state index >= 15 is 0 Å². The van der Waals surface area contributed by atoms with Gasteiger partial charge in [0.25, 0.3) is 0 Å². The molecule has 0 bridgehead atoms. The molecule has 0 amide bonds. The fourth-order valence-corrected chi connectivity index (χ4v) is 1.35. The van der Waals surface area contributed by atoms with Crippen molar-refractivity contribution in [3.05, 3.63) is 29.3 Å². The first kappa shape index (κ1) is 8.38. The zero-order valence-corrected chi connectivity index (χ0v) is 7.65. The van der Waals surface area contributed by atoms with Crippen molar-refractivity contribution < 1.29 is 0 Å². The molecule has 0 aliphatic carbocycles. The van der Waals surface area contributed by atoms with Crippen LogP contribution >= 0.6 is 0 Å². The molecular formula is C10H15B. The van der Waals surface area contributed by atoms with Crippen molar-refractivity contribution in [1.29, 1.82) is 0 Å². The molecule has 0 radical (unpaired) electrons. The van der Waals surface area contributed by atoms with Gasteiger partial charge < -0.3 is 0 Å². The highest BCUT2D eigenvalue weighted by Crippen LogP contribution is 2.02. The number of aryl methyl sites for hydroxylation is 2. The molecule has 0 nitrogen and oxygen atoms in total. The van der Waals surface area contributed by atoms with Gasteiger partial charge >= 0.3 is 0 Å². The molecule has 1 aromatic rings. The van der Waals surface area contributed by atoms with Crippen LogP contribution in [-0.2, 0) is 6.42 Å². The summed E-state index contributed by atoms with van der Waals surface area (Å²) in [6.07, 6.45) is 2.46. The number of benzene rings is 1. The van der Waals surface area contributed by atoms with Crippen molar-refractivity contribution in [2.45, 2.75) is 26.7 Å². The molecule has 0 aliphatic heterocycles. The normalized spacial score (nSPS) is 10.0. The van der Waals surface area contributed by atoms with Crippen LogP contribution in [0.4, 0.5) is 0 Å². The Hall–Kier alpha value is -0.715. The first-order valence-electron chi connectivity index (χ1n) is 4.30. The minimum Gasteiger partial charge on any atom is -0.0830 e. The van der Waals surface area contributed by atoms with E-state index < -0.39 is 0 Å². The van der Waals surface area contributed by atoms with Crippen molar-refractivity contribution in [3.63, 3.8) is 0 Å². The lowest BCUT2D eigenvalue weighted by Crippen LogP contribution is -2.13. The summed E-state index contributed by atoms with van der Waals surface area (Å²) < 4.78 is 0. The summed E-state index contributed by atoms with van der Waals surface area (Å²) in [5.41, 5.74) is 4.39. The molecule has 0 saturated heterocycles. The average Bonchev–Trinajstić information content (AvgIpc) is 1.99. The predicted octanol–water partition coefficient (Wildman–Crippen LogP) is 1.21. The lowest BCUT2D eigenvalue weighted by Gasteiger charge is -2.06. The third-order valence-electron chi connectivity index (χ3n) is 2.24. The largest absolute Gasteiger partial charge is 0.139 e. The van der Waals surface area contributed by atoms with Crippen LogP contribution in [0.15, 0.2) is 18.2 Å². The molecule has 11 heavy (non-hydrogen) atoms. The van der Waals surface area contributed by atoms with Gasteiger partial charge in [0, 0.05) is 0 Å². The second-order valence-corrected chi connectivity index (χ2v) is 3.11. The Kier molecular flexibility index (Phi) is 2.75. The highest BCUT2D eigenvalue weighted by molar-refractivity contribution is 6.34. The first-order valence-corrected chi connectivity index (χ1v) is 4.30. The van der Waals surface area contributed by atoms with Gasteiger partial charge in [-0.2, -0.15) is 0 Å². The van der Waals surface area contributed by atoms with Crippen LogP contribution in [0.2, 0.25) is 0 Å². The van der Waals surface area contributed by atoms with Crippen LogP contribution in [0.25, 0.3) is 0 Å². The monoisotopic (exact) mass is 146 g/mol. The smallest absolute Gasteiger partial charge is 0.0830 e. The Balaban J connectivity index is 2.96. The molecule has 0 unspecified atom stereocenters. The molecular weight excluding hydrogens is 131 g/mol. The molecule has 1 aromatic carbocycles. The van der Waals surface area contributed by atoms with Gasteiger partial charge in [0.2, 0.25) is 0 Å². The molecule has 0 heterocycles. The summed E-state index contributed by atoms with van der Waals surface area (Å²) in [5, 5.41) is 0. The second-order valence-electron chi connectivity index (χ2n) is 3.11. The summed E-state index contributed by atoms with van der Waals surface area (Å²) in [7, 11) is 2.21. The number of rotatable bonds is 2. The fraction of sp³-hybridized carbons (Fsp3) is 0.400. The minimum atomic E-state index is 1.22.